The molecule has 1 aliphatic carbocycles. The van der Waals surface area contributed by atoms with Gasteiger partial charge in [0, 0.05) is 12.1 Å². The van der Waals surface area contributed by atoms with Crippen LogP contribution in [0.15, 0.2) is 0 Å². The summed E-state index contributed by atoms with van der Waals surface area (Å²) in [5.41, 5.74) is 0. The van der Waals surface area contributed by atoms with Crippen LogP contribution >= 0.6 is 11.8 Å². The topological polar surface area (TPSA) is 24.1 Å². The minimum absolute atomic E-state index is 0.801. The molecule has 0 spiro atoms. The lowest BCUT2D eigenvalue weighted by molar-refractivity contribution is 0.178. The Balaban J connectivity index is 1.50. The van der Waals surface area contributed by atoms with Gasteiger partial charge >= 0.3 is 0 Å². The lowest BCUT2D eigenvalue weighted by Gasteiger charge is -2.40. The summed E-state index contributed by atoms with van der Waals surface area (Å²) in [5, 5.41) is 7.76. The fraction of sp³-hybridized carbons (Fsp3) is 1.00. The summed E-state index contributed by atoms with van der Waals surface area (Å²) in [6.45, 7) is 2.54. The molecule has 2 saturated heterocycles. The van der Waals surface area contributed by atoms with E-state index in [0.29, 0.717) is 0 Å². The van der Waals surface area contributed by atoms with E-state index in [4.69, 9.17) is 0 Å². The highest BCUT2D eigenvalue weighted by Gasteiger charge is 2.32. The first-order valence-electron chi connectivity index (χ1n) is 8.48. The maximum Gasteiger partial charge on any atom is 0.0110 e. The molecular weight excluding hydrogens is 252 g/mol. The van der Waals surface area contributed by atoms with E-state index in [1.165, 1.54) is 76.0 Å². The number of hydrogen-bond acceptors (Lipinski definition) is 3. The van der Waals surface area contributed by atoms with Crippen LogP contribution in [0.1, 0.15) is 51.4 Å². The van der Waals surface area contributed by atoms with Gasteiger partial charge in [-0.2, -0.15) is 11.8 Å². The van der Waals surface area contributed by atoms with Crippen LogP contribution in [0.4, 0.5) is 0 Å². The molecule has 0 amide bonds. The van der Waals surface area contributed by atoms with Gasteiger partial charge in [-0.1, -0.05) is 19.3 Å². The molecule has 0 aromatic carbocycles. The van der Waals surface area contributed by atoms with E-state index < -0.39 is 0 Å². The second-order valence-electron chi connectivity index (χ2n) is 6.75. The number of nitrogens with one attached hydrogen (secondary N) is 2. The van der Waals surface area contributed by atoms with Gasteiger partial charge in [-0.25, -0.2) is 0 Å². The molecule has 110 valence electrons. The van der Waals surface area contributed by atoms with Gasteiger partial charge in [-0.3, -0.25) is 0 Å². The third-order valence-corrected chi connectivity index (χ3v) is 6.61. The van der Waals surface area contributed by atoms with Crippen molar-refractivity contribution in [3.05, 3.63) is 0 Å². The molecule has 0 bridgehead atoms. The normalized spacial score (nSPS) is 40.4. The smallest absolute Gasteiger partial charge is 0.0110 e. The number of hydrogen-bond donors (Lipinski definition) is 2. The summed E-state index contributed by atoms with van der Waals surface area (Å²) in [5.74, 6) is 4.64. The van der Waals surface area contributed by atoms with Gasteiger partial charge in [-0.15, -0.1) is 0 Å². The maximum absolute atomic E-state index is 3.96. The largest absolute Gasteiger partial charge is 0.314 e. The van der Waals surface area contributed by atoms with Crippen molar-refractivity contribution in [2.75, 3.05) is 24.6 Å². The van der Waals surface area contributed by atoms with Crippen LogP contribution in [0, 0.1) is 11.8 Å². The van der Waals surface area contributed by atoms with Crippen molar-refractivity contribution in [2.24, 2.45) is 11.8 Å². The van der Waals surface area contributed by atoms with Crippen LogP contribution in [0.25, 0.3) is 0 Å². The highest BCUT2D eigenvalue weighted by Crippen LogP contribution is 2.31. The third-order valence-electron chi connectivity index (χ3n) is 5.38. The van der Waals surface area contributed by atoms with Gasteiger partial charge in [-0.05, 0) is 68.5 Å². The van der Waals surface area contributed by atoms with Gasteiger partial charge in [0.25, 0.3) is 0 Å². The quantitative estimate of drug-likeness (QED) is 0.829. The first-order chi connectivity index (χ1) is 9.43. The Hall–Kier alpha value is 0.270. The zero-order chi connectivity index (χ0) is 12.9. The first-order valence-corrected chi connectivity index (χ1v) is 9.63. The van der Waals surface area contributed by atoms with Crippen molar-refractivity contribution in [3.8, 4) is 0 Å². The highest BCUT2D eigenvalue weighted by atomic mass is 32.2. The predicted octanol–water partition coefficient (Wildman–Crippen LogP) is 3.03. The molecule has 4 unspecified atom stereocenters. The summed E-state index contributed by atoms with van der Waals surface area (Å²) in [7, 11) is 0. The fourth-order valence-corrected chi connectivity index (χ4v) is 5.49. The van der Waals surface area contributed by atoms with Gasteiger partial charge in [0.15, 0.2) is 0 Å². The van der Waals surface area contributed by atoms with Crippen molar-refractivity contribution in [1.29, 1.82) is 0 Å². The second kappa shape index (κ2) is 7.33. The van der Waals surface area contributed by atoms with Crippen molar-refractivity contribution in [3.63, 3.8) is 0 Å². The number of piperidine rings is 1. The lowest BCUT2D eigenvalue weighted by Crippen LogP contribution is -2.51. The molecule has 2 heterocycles. The molecule has 2 N–H and O–H groups in total. The molecule has 2 nitrogen and oxygen atoms in total. The van der Waals surface area contributed by atoms with E-state index in [-0.39, 0.29) is 0 Å². The van der Waals surface area contributed by atoms with Crippen molar-refractivity contribution < 1.29 is 0 Å². The molecule has 0 aromatic heterocycles. The molecule has 3 aliphatic rings. The van der Waals surface area contributed by atoms with Gasteiger partial charge in [0.05, 0.1) is 0 Å². The Morgan fingerprint density at radius 3 is 2.68 bits per heavy atom. The fourth-order valence-electron chi connectivity index (χ4n) is 4.20. The standard InChI is InChI=1S/C16H30N2S/c1-2-6-16(18-11-13-8-10-19-12-13)14(5-1)15-7-3-4-9-17-15/h13-18H,1-12H2. The Morgan fingerprint density at radius 1 is 1.00 bits per heavy atom. The van der Waals surface area contributed by atoms with E-state index >= 15 is 0 Å². The first kappa shape index (κ1) is 14.2. The van der Waals surface area contributed by atoms with Crippen molar-refractivity contribution >= 4 is 11.8 Å². The van der Waals surface area contributed by atoms with E-state index in [9.17, 15) is 0 Å². The number of thioether (sulfide) groups is 1. The van der Waals surface area contributed by atoms with Gasteiger partial charge in [0.1, 0.15) is 0 Å². The zero-order valence-corrected chi connectivity index (χ0v) is 13.0. The monoisotopic (exact) mass is 282 g/mol. The number of rotatable bonds is 4. The Labute approximate surface area is 122 Å². The van der Waals surface area contributed by atoms with E-state index in [1.807, 2.05) is 0 Å². The highest BCUT2D eigenvalue weighted by molar-refractivity contribution is 7.99. The minimum atomic E-state index is 0.801. The van der Waals surface area contributed by atoms with Crippen molar-refractivity contribution in [1.82, 2.24) is 10.6 Å². The Morgan fingerprint density at radius 2 is 1.89 bits per heavy atom. The lowest BCUT2D eigenvalue weighted by atomic mass is 9.77. The van der Waals surface area contributed by atoms with Crippen LogP contribution in [0.2, 0.25) is 0 Å². The molecule has 4 atom stereocenters. The SMILES string of the molecule is C1CCC(C2CCCCC2NCC2CCSC2)NC1. The molecule has 3 rings (SSSR count). The van der Waals surface area contributed by atoms with Crippen LogP contribution < -0.4 is 10.6 Å². The minimum Gasteiger partial charge on any atom is -0.314 e. The van der Waals surface area contributed by atoms with Gasteiger partial charge < -0.3 is 10.6 Å². The Kier molecular flexibility index (Phi) is 5.48. The molecule has 1 saturated carbocycles. The summed E-state index contributed by atoms with van der Waals surface area (Å²) in [6.07, 6.45) is 11.5. The molecule has 3 fully saturated rings. The van der Waals surface area contributed by atoms with Crippen LogP contribution in [0.3, 0.4) is 0 Å². The third kappa shape index (κ3) is 3.89. The maximum atomic E-state index is 3.96. The van der Waals surface area contributed by atoms with Crippen molar-refractivity contribution in [2.45, 2.75) is 63.5 Å². The van der Waals surface area contributed by atoms with Crippen LogP contribution in [0.5, 0.6) is 0 Å². The Bertz CT molecular complexity index is 259. The predicted molar refractivity (Wildman–Crippen MR) is 84.8 cm³/mol. The molecule has 19 heavy (non-hydrogen) atoms. The van der Waals surface area contributed by atoms with Crippen LogP contribution in [-0.2, 0) is 0 Å². The second-order valence-corrected chi connectivity index (χ2v) is 7.90. The summed E-state index contributed by atoms with van der Waals surface area (Å²) >= 11 is 2.15. The molecular formula is C16H30N2S. The molecule has 2 aliphatic heterocycles. The van der Waals surface area contributed by atoms with E-state index in [2.05, 4.69) is 22.4 Å². The molecule has 0 radical (unpaired) electrons. The summed E-state index contributed by atoms with van der Waals surface area (Å²) in [4.78, 5) is 0. The molecule has 0 aromatic rings. The van der Waals surface area contributed by atoms with Gasteiger partial charge in [0.2, 0.25) is 0 Å². The van der Waals surface area contributed by atoms with E-state index in [1.54, 1.807) is 0 Å². The summed E-state index contributed by atoms with van der Waals surface area (Å²) in [6, 6.07) is 1.61. The zero-order valence-electron chi connectivity index (χ0n) is 12.2. The van der Waals surface area contributed by atoms with Crippen LogP contribution in [-0.4, -0.2) is 36.7 Å². The average molecular weight is 282 g/mol. The molecule has 3 heteroatoms. The summed E-state index contributed by atoms with van der Waals surface area (Å²) < 4.78 is 0. The van der Waals surface area contributed by atoms with E-state index in [0.717, 1.165) is 23.9 Å². The average Bonchev–Trinajstić information content (AvgIpc) is 3.00.